The van der Waals surface area contributed by atoms with Crippen molar-refractivity contribution >= 4 is 11.6 Å². The molecule has 0 bridgehead atoms. The van der Waals surface area contributed by atoms with Gasteiger partial charge < -0.3 is 0 Å². The van der Waals surface area contributed by atoms with Crippen LogP contribution in [0.15, 0.2) is 11.6 Å². The van der Waals surface area contributed by atoms with Gasteiger partial charge in [-0.1, -0.05) is 23.6 Å². The van der Waals surface area contributed by atoms with E-state index in [1.54, 1.807) is 6.08 Å². The van der Waals surface area contributed by atoms with Gasteiger partial charge in [0, 0.05) is 12.0 Å². The smallest absolute Gasteiger partial charge is 0.0281 e. The minimum Gasteiger partial charge on any atom is -0.106 e. The molecular weight excluding hydrogens is 108 g/mol. The molecule has 0 aromatic rings. The van der Waals surface area contributed by atoms with Crippen molar-refractivity contribution in [3.63, 3.8) is 0 Å². The van der Waals surface area contributed by atoms with E-state index in [9.17, 15) is 0 Å². The highest BCUT2D eigenvalue weighted by atomic mass is 35.5. The van der Waals surface area contributed by atoms with Gasteiger partial charge in [-0.3, -0.25) is 0 Å². The van der Waals surface area contributed by atoms with Crippen LogP contribution in [0.3, 0.4) is 0 Å². The quantitative estimate of drug-likeness (QED) is 0.459. The van der Waals surface area contributed by atoms with Crippen LogP contribution >= 0.6 is 11.6 Å². The summed E-state index contributed by atoms with van der Waals surface area (Å²) in [6.45, 7) is 1.81. The Labute approximate surface area is 49.2 Å². The summed E-state index contributed by atoms with van der Waals surface area (Å²) in [4.78, 5) is 0. The van der Waals surface area contributed by atoms with Gasteiger partial charge in [-0.2, -0.15) is 0 Å². The predicted octanol–water partition coefficient (Wildman–Crippen LogP) is 2.15. The summed E-state index contributed by atoms with van der Waals surface area (Å²) in [6, 6.07) is 0. The minimum atomic E-state index is 0.764. The lowest BCUT2D eigenvalue weighted by Crippen LogP contribution is -1.52. The van der Waals surface area contributed by atoms with Crippen molar-refractivity contribution in [3.8, 4) is 11.8 Å². The Kier molecular flexibility index (Phi) is 5.26. The highest BCUT2D eigenvalue weighted by Gasteiger charge is 1.60. The second-order valence-corrected chi connectivity index (χ2v) is 1.24. The zero-order chi connectivity index (χ0) is 5.54. The average molecular weight is 115 g/mol. The van der Waals surface area contributed by atoms with Gasteiger partial charge in [0.05, 0.1) is 0 Å². The van der Waals surface area contributed by atoms with Crippen LogP contribution in [0.5, 0.6) is 0 Å². The molecule has 38 valence electrons. The lowest BCUT2D eigenvalue weighted by molar-refractivity contribution is 1.48. The first-order chi connectivity index (χ1) is 3.41. The maximum atomic E-state index is 5.19. The highest BCUT2D eigenvalue weighted by Crippen LogP contribution is 1.81. The predicted molar refractivity (Wildman–Crippen MR) is 33.1 cm³/mol. The molecule has 0 heterocycles. The van der Waals surface area contributed by atoms with Crippen molar-refractivity contribution in [3.05, 3.63) is 11.6 Å². The van der Waals surface area contributed by atoms with Crippen LogP contribution in [0.2, 0.25) is 0 Å². The first-order valence-corrected chi connectivity index (χ1v) is 2.50. The molecule has 0 aliphatic carbocycles. The van der Waals surface area contributed by atoms with Gasteiger partial charge in [0.25, 0.3) is 0 Å². The van der Waals surface area contributed by atoms with Crippen molar-refractivity contribution in [1.82, 2.24) is 0 Å². The Morgan fingerprint density at radius 3 is 2.86 bits per heavy atom. The minimum absolute atomic E-state index is 0.764. The van der Waals surface area contributed by atoms with Crippen molar-refractivity contribution in [2.45, 2.75) is 13.3 Å². The normalized spacial score (nSPS) is 8.29. The highest BCUT2D eigenvalue weighted by molar-refractivity contribution is 6.25. The Morgan fingerprint density at radius 1 is 1.71 bits per heavy atom. The molecule has 0 saturated carbocycles. The molecule has 0 aliphatic heterocycles. The van der Waals surface area contributed by atoms with Crippen LogP contribution in [0.4, 0.5) is 0 Å². The molecule has 0 spiro atoms. The Morgan fingerprint density at radius 2 is 2.43 bits per heavy atom. The van der Waals surface area contributed by atoms with E-state index >= 15 is 0 Å². The van der Waals surface area contributed by atoms with Crippen LogP contribution in [-0.4, -0.2) is 0 Å². The molecular formula is C6H7Cl. The standard InChI is InChI=1S/C6H7Cl/c1-2-3-4-5-6-7/h5-6H,4H2,1H3. The molecule has 0 aliphatic rings. The second kappa shape index (κ2) is 5.59. The SMILES string of the molecule is CC#CCC=CCl. The molecule has 0 saturated heterocycles. The lowest BCUT2D eigenvalue weighted by Gasteiger charge is -1.67. The molecule has 0 aromatic carbocycles. The van der Waals surface area contributed by atoms with Crippen LogP contribution in [0, 0.1) is 11.8 Å². The molecule has 0 N–H and O–H groups in total. The molecule has 0 rings (SSSR count). The molecule has 7 heavy (non-hydrogen) atoms. The van der Waals surface area contributed by atoms with Crippen molar-refractivity contribution in [1.29, 1.82) is 0 Å². The van der Waals surface area contributed by atoms with Gasteiger partial charge in [-0.05, 0) is 6.92 Å². The van der Waals surface area contributed by atoms with Crippen LogP contribution in [0.1, 0.15) is 13.3 Å². The number of halogens is 1. The third kappa shape index (κ3) is 5.59. The average Bonchev–Trinajstić information content (AvgIpc) is 1.69. The molecule has 0 amide bonds. The summed E-state index contributed by atoms with van der Waals surface area (Å²) >= 11 is 5.19. The van der Waals surface area contributed by atoms with E-state index in [4.69, 9.17) is 11.6 Å². The zero-order valence-corrected chi connectivity index (χ0v) is 5.00. The molecule has 0 radical (unpaired) electrons. The van der Waals surface area contributed by atoms with E-state index in [0.29, 0.717) is 0 Å². The Balaban J connectivity index is 3.09. The van der Waals surface area contributed by atoms with Crippen LogP contribution in [-0.2, 0) is 0 Å². The maximum absolute atomic E-state index is 5.19. The summed E-state index contributed by atoms with van der Waals surface area (Å²) in [5.74, 6) is 5.57. The largest absolute Gasteiger partial charge is 0.106 e. The fourth-order valence-corrected chi connectivity index (χ4v) is 0.295. The fourth-order valence-electron chi connectivity index (χ4n) is 0.206. The summed E-state index contributed by atoms with van der Waals surface area (Å²) in [7, 11) is 0. The molecule has 0 nitrogen and oxygen atoms in total. The summed E-state index contributed by atoms with van der Waals surface area (Å²) in [6.07, 6.45) is 2.57. The van der Waals surface area contributed by atoms with Crippen molar-refractivity contribution in [2.24, 2.45) is 0 Å². The van der Waals surface area contributed by atoms with E-state index in [1.807, 2.05) is 6.92 Å². The maximum Gasteiger partial charge on any atom is 0.0281 e. The number of hydrogen-bond donors (Lipinski definition) is 0. The van der Waals surface area contributed by atoms with Gasteiger partial charge in [-0.25, -0.2) is 0 Å². The second-order valence-electron chi connectivity index (χ2n) is 0.993. The van der Waals surface area contributed by atoms with E-state index < -0.39 is 0 Å². The van der Waals surface area contributed by atoms with Gasteiger partial charge in [0.1, 0.15) is 0 Å². The van der Waals surface area contributed by atoms with Gasteiger partial charge in [0.2, 0.25) is 0 Å². The third-order valence-corrected chi connectivity index (χ3v) is 0.664. The first-order valence-electron chi connectivity index (χ1n) is 2.06. The van der Waals surface area contributed by atoms with E-state index in [2.05, 4.69) is 11.8 Å². The molecule has 0 aromatic heterocycles. The first kappa shape index (κ1) is 6.59. The van der Waals surface area contributed by atoms with Gasteiger partial charge in [0.15, 0.2) is 0 Å². The third-order valence-electron chi connectivity index (χ3n) is 0.486. The number of rotatable bonds is 1. The van der Waals surface area contributed by atoms with E-state index in [1.165, 1.54) is 5.54 Å². The van der Waals surface area contributed by atoms with Crippen molar-refractivity contribution < 1.29 is 0 Å². The van der Waals surface area contributed by atoms with Gasteiger partial charge >= 0.3 is 0 Å². The molecule has 0 atom stereocenters. The molecule has 0 fully saturated rings. The zero-order valence-electron chi connectivity index (χ0n) is 4.24. The summed E-state index contributed by atoms with van der Waals surface area (Å²) in [5, 5.41) is 0. The van der Waals surface area contributed by atoms with E-state index in [-0.39, 0.29) is 0 Å². The fraction of sp³-hybridized carbons (Fsp3) is 0.333. The Bertz CT molecular complexity index is 103. The lowest BCUT2D eigenvalue weighted by atomic mass is 10.4. The van der Waals surface area contributed by atoms with Crippen LogP contribution in [0.25, 0.3) is 0 Å². The summed E-state index contributed by atoms with van der Waals surface area (Å²) < 4.78 is 0. The number of hydrogen-bond acceptors (Lipinski definition) is 0. The van der Waals surface area contributed by atoms with Crippen LogP contribution < -0.4 is 0 Å². The van der Waals surface area contributed by atoms with Gasteiger partial charge in [-0.15, -0.1) is 5.92 Å². The topological polar surface area (TPSA) is 0 Å². The molecule has 0 unspecified atom stereocenters. The van der Waals surface area contributed by atoms with Crippen molar-refractivity contribution in [2.75, 3.05) is 0 Å². The van der Waals surface area contributed by atoms with E-state index in [0.717, 1.165) is 6.42 Å². The summed E-state index contributed by atoms with van der Waals surface area (Å²) in [5.41, 5.74) is 1.48. The monoisotopic (exact) mass is 114 g/mol. The number of allylic oxidation sites excluding steroid dienone is 1. The Hall–Kier alpha value is -0.410. The molecule has 1 heteroatoms.